The SMILES string of the molecule is CC/C=C/C/C=C/C/C=C/CCCCCCCCC(=O)OC(CCCC/C=C/C/C=C/C/C=C/CC)CC(=O)NC(CO)C(O)CCCCCCCCCCCCCCC. The summed E-state index contributed by atoms with van der Waals surface area (Å²) in [5.41, 5.74) is 0. The Morgan fingerprint density at radius 3 is 1.38 bits per heavy atom. The van der Waals surface area contributed by atoms with E-state index in [1.807, 2.05) is 0 Å². The van der Waals surface area contributed by atoms with Crippen LogP contribution in [0.3, 0.4) is 0 Å². The fourth-order valence-corrected chi connectivity index (χ4v) is 7.28. The van der Waals surface area contributed by atoms with Gasteiger partial charge in [0.05, 0.1) is 25.2 Å². The molecule has 0 fully saturated rings. The Bertz CT molecular complexity index is 1120. The molecule has 0 saturated carbocycles. The first-order valence-corrected chi connectivity index (χ1v) is 25.2. The standard InChI is InChI=1S/C54H95NO5/c1-4-7-10-13-16-19-22-25-26-27-29-32-35-38-41-44-47-54(59)60-50(45-42-39-36-33-30-24-21-18-15-12-9-6-3)48-53(58)55-51(49-56)52(57)46-43-40-37-34-31-28-23-20-17-14-11-8-5-2/h7,9-10,12,16,18-19,21,25-26,30,33,50-52,56-57H,4-6,8,11,13-15,17,20,22-24,27-29,31-32,34-49H2,1-3H3,(H,55,58)/b10-7+,12-9+,19-16+,21-18+,26-25+,33-30+. The van der Waals surface area contributed by atoms with Crippen LogP contribution in [0, 0.1) is 0 Å². The third kappa shape index (κ3) is 42.0. The molecule has 6 nitrogen and oxygen atoms in total. The lowest BCUT2D eigenvalue weighted by atomic mass is 10.0. The molecule has 0 aromatic carbocycles. The van der Waals surface area contributed by atoms with Gasteiger partial charge in [-0.1, -0.05) is 203 Å². The van der Waals surface area contributed by atoms with Crippen LogP contribution < -0.4 is 5.32 Å². The third-order valence-corrected chi connectivity index (χ3v) is 11.0. The van der Waals surface area contributed by atoms with Crippen molar-refractivity contribution >= 4 is 11.9 Å². The second kappa shape index (κ2) is 47.4. The van der Waals surface area contributed by atoms with E-state index in [1.165, 1.54) is 83.5 Å². The second-order valence-corrected chi connectivity index (χ2v) is 16.8. The number of hydrogen-bond donors (Lipinski definition) is 3. The van der Waals surface area contributed by atoms with Gasteiger partial charge in [0.25, 0.3) is 0 Å². The van der Waals surface area contributed by atoms with E-state index in [1.54, 1.807) is 0 Å². The first-order valence-electron chi connectivity index (χ1n) is 25.2. The number of unbranched alkanes of at least 4 members (excludes halogenated alkanes) is 20. The average Bonchev–Trinajstić information content (AvgIpc) is 3.24. The highest BCUT2D eigenvalue weighted by atomic mass is 16.5. The Hall–Kier alpha value is -2.70. The van der Waals surface area contributed by atoms with E-state index in [2.05, 4.69) is 99.0 Å². The van der Waals surface area contributed by atoms with E-state index in [0.29, 0.717) is 19.3 Å². The van der Waals surface area contributed by atoms with Gasteiger partial charge in [-0.05, 0) is 89.9 Å². The van der Waals surface area contributed by atoms with Crippen molar-refractivity contribution in [1.29, 1.82) is 0 Å². The number of aliphatic hydroxyl groups is 2. The van der Waals surface area contributed by atoms with E-state index in [0.717, 1.165) is 103 Å². The molecular weight excluding hydrogens is 743 g/mol. The fourth-order valence-electron chi connectivity index (χ4n) is 7.28. The van der Waals surface area contributed by atoms with Gasteiger partial charge < -0.3 is 20.3 Å². The Morgan fingerprint density at radius 1 is 0.500 bits per heavy atom. The summed E-state index contributed by atoms with van der Waals surface area (Å²) >= 11 is 0. The van der Waals surface area contributed by atoms with Gasteiger partial charge >= 0.3 is 5.97 Å². The number of amides is 1. The minimum atomic E-state index is -0.802. The van der Waals surface area contributed by atoms with Crippen LogP contribution in [0.2, 0.25) is 0 Å². The molecule has 346 valence electrons. The summed E-state index contributed by atoms with van der Waals surface area (Å²) < 4.78 is 5.90. The Labute approximate surface area is 371 Å². The molecule has 3 N–H and O–H groups in total. The molecule has 3 atom stereocenters. The van der Waals surface area contributed by atoms with Crippen LogP contribution in [-0.4, -0.2) is 46.9 Å². The molecule has 0 aromatic rings. The quantitative estimate of drug-likeness (QED) is 0.0323. The van der Waals surface area contributed by atoms with E-state index >= 15 is 0 Å². The van der Waals surface area contributed by atoms with Crippen molar-refractivity contribution < 1.29 is 24.5 Å². The lowest BCUT2D eigenvalue weighted by Gasteiger charge is -2.24. The monoisotopic (exact) mass is 838 g/mol. The van der Waals surface area contributed by atoms with Crippen molar-refractivity contribution in [3.63, 3.8) is 0 Å². The summed E-state index contributed by atoms with van der Waals surface area (Å²) in [5, 5.41) is 23.7. The molecular formula is C54H95NO5. The number of ether oxygens (including phenoxy) is 1. The first-order chi connectivity index (χ1) is 29.5. The van der Waals surface area contributed by atoms with Crippen molar-refractivity contribution in [2.75, 3.05) is 6.61 Å². The second-order valence-electron chi connectivity index (χ2n) is 16.8. The van der Waals surface area contributed by atoms with Crippen LogP contribution in [0.25, 0.3) is 0 Å². The minimum absolute atomic E-state index is 0.0435. The van der Waals surface area contributed by atoms with Crippen LogP contribution in [0.1, 0.15) is 233 Å². The fraction of sp³-hybridized carbons (Fsp3) is 0.741. The Balaban J connectivity index is 4.62. The minimum Gasteiger partial charge on any atom is -0.462 e. The van der Waals surface area contributed by atoms with Crippen LogP contribution in [-0.2, 0) is 14.3 Å². The van der Waals surface area contributed by atoms with Crippen molar-refractivity contribution in [2.45, 2.75) is 251 Å². The highest BCUT2D eigenvalue weighted by molar-refractivity contribution is 5.77. The Morgan fingerprint density at radius 2 is 0.900 bits per heavy atom. The van der Waals surface area contributed by atoms with E-state index in [4.69, 9.17) is 4.74 Å². The number of carbonyl (C=O) groups excluding carboxylic acids is 2. The van der Waals surface area contributed by atoms with Crippen LogP contribution in [0.4, 0.5) is 0 Å². The maximum atomic E-state index is 13.2. The highest BCUT2D eigenvalue weighted by Crippen LogP contribution is 2.17. The molecule has 6 heteroatoms. The van der Waals surface area contributed by atoms with Gasteiger partial charge in [-0.15, -0.1) is 0 Å². The number of nitrogens with one attached hydrogen (secondary N) is 1. The summed E-state index contributed by atoms with van der Waals surface area (Å²) in [6.45, 7) is 6.24. The van der Waals surface area contributed by atoms with Crippen LogP contribution >= 0.6 is 0 Å². The zero-order valence-corrected chi connectivity index (χ0v) is 39.3. The molecule has 3 unspecified atom stereocenters. The van der Waals surface area contributed by atoms with Gasteiger partial charge in [0.1, 0.15) is 6.10 Å². The smallest absolute Gasteiger partial charge is 0.306 e. The number of aliphatic hydroxyl groups excluding tert-OH is 2. The van der Waals surface area contributed by atoms with Crippen molar-refractivity contribution in [3.05, 3.63) is 72.9 Å². The molecule has 0 aromatic heterocycles. The number of rotatable bonds is 44. The lowest BCUT2D eigenvalue weighted by molar-refractivity contribution is -0.151. The maximum Gasteiger partial charge on any atom is 0.306 e. The number of carbonyl (C=O) groups is 2. The largest absolute Gasteiger partial charge is 0.462 e. The van der Waals surface area contributed by atoms with Gasteiger partial charge in [0, 0.05) is 6.42 Å². The number of hydrogen-bond acceptors (Lipinski definition) is 5. The number of esters is 1. The summed E-state index contributed by atoms with van der Waals surface area (Å²) in [4.78, 5) is 26.1. The predicted octanol–water partition coefficient (Wildman–Crippen LogP) is 15.0. The molecule has 0 saturated heterocycles. The van der Waals surface area contributed by atoms with Gasteiger partial charge in [-0.3, -0.25) is 9.59 Å². The Kier molecular flexibility index (Phi) is 45.2. The van der Waals surface area contributed by atoms with E-state index in [-0.39, 0.29) is 24.9 Å². The van der Waals surface area contributed by atoms with Gasteiger partial charge in [-0.25, -0.2) is 0 Å². The van der Waals surface area contributed by atoms with Crippen molar-refractivity contribution in [3.8, 4) is 0 Å². The zero-order valence-electron chi connectivity index (χ0n) is 39.3. The van der Waals surface area contributed by atoms with Crippen LogP contribution in [0.5, 0.6) is 0 Å². The average molecular weight is 838 g/mol. The summed E-state index contributed by atoms with van der Waals surface area (Å²) in [7, 11) is 0. The molecule has 0 aliphatic carbocycles. The van der Waals surface area contributed by atoms with Gasteiger partial charge in [-0.2, -0.15) is 0 Å². The molecule has 0 bridgehead atoms. The lowest BCUT2D eigenvalue weighted by Crippen LogP contribution is -2.46. The normalized spacial score (nSPS) is 13.9. The first kappa shape index (κ1) is 57.3. The van der Waals surface area contributed by atoms with Gasteiger partial charge in [0.2, 0.25) is 5.91 Å². The molecule has 0 heterocycles. The van der Waals surface area contributed by atoms with Crippen molar-refractivity contribution in [1.82, 2.24) is 5.32 Å². The van der Waals surface area contributed by atoms with Crippen molar-refractivity contribution in [2.24, 2.45) is 0 Å². The van der Waals surface area contributed by atoms with E-state index < -0.39 is 18.2 Å². The summed E-state index contributed by atoms with van der Waals surface area (Å²) in [6.07, 6.45) is 59.6. The summed E-state index contributed by atoms with van der Waals surface area (Å²) in [6, 6.07) is -0.718. The maximum absolute atomic E-state index is 13.2. The van der Waals surface area contributed by atoms with Gasteiger partial charge in [0.15, 0.2) is 0 Å². The predicted molar refractivity (Wildman–Crippen MR) is 259 cm³/mol. The molecule has 0 spiro atoms. The molecule has 0 aliphatic rings. The molecule has 60 heavy (non-hydrogen) atoms. The van der Waals surface area contributed by atoms with Crippen LogP contribution in [0.15, 0.2) is 72.9 Å². The topological polar surface area (TPSA) is 95.9 Å². The molecule has 1 amide bonds. The molecule has 0 radical (unpaired) electrons. The molecule has 0 rings (SSSR count). The third-order valence-electron chi connectivity index (χ3n) is 11.0. The molecule has 0 aliphatic heterocycles. The van der Waals surface area contributed by atoms with E-state index in [9.17, 15) is 19.8 Å². The number of allylic oxidation sites excluding steroid dienone is 12. The zero-order chi connectivity index (χ0) is 43.8. The summed E-state index contributed by atoms with van der Waals surface area (Å²) in [5.74, 6) is -0.530. The highest BCUT2D eigenvalue weighted by Gasteiger charge is 2.24.